The molecule has 0 saturated carbocycles. The molecule has 2 aromatic rings. The Morgan fingerprint density at radius 2 is 2.23 bits per heavy atom. The molecule has 31 heavy (non-hydrogen) atoms. The number of alkyl halides is 1. The minimum absolute atomic E-state index is 0.262. The first-order chi connectivity index (χ1) is 15.2. The van der Waals surface area contributed by atoms with Crippen LogP contribution in [0.3, 0.4) is 0 Å². The predicted molar refractivity (Wildman–Crippen MR) is 118 cm³/mol. The number of hydrogen-bond acceptors (Lipinski definition) is 6. The second-order valence-electron chi connectivity index (χ2n) is 8.31. The number of allylic oxidation sites excluding steroid dienone is 1. The number of ether oxygens (including phenoxy) is 2. The molecule has 0 amide bonds. The van der Waals surface area contributed by atoms with Gasteiger partial charge in [-0.2, -0.15) is 5.10 Å². The molecule has 2 atom stereocenters. The summed E-state index contributed by atoms with van der Waals surface area (Å²) in [5, 5.41) is 8.68. The first-order valence-corrected chi connectivity index (χ1v) is 11.1. The first kappa shape index (κ1) is 20.9. The van der Waals surface area contributed by atoms with E-state index >= 15 is 4.39 Å². The molecule has 5 rings (SSSR count). The fourth-order valence-corrected chi connectivity index (χ4v) is 4.85. The standard InChI is InChI=1S/C22H27ClFN5O2/c1-30-7-5-25-22-16(9-26-19-3-2-17(23)21(19)22)14-8-27-29(10-14)20-4-6-28(11-18(20)24)15-12-31-13-15/h2,8-10,15,18,20H,3-7,11-13H2,1H3,(H,25,26)/t18-,20-/m0/s1. The minimum Gasteiger partial charge on any atom is -0.383 e. The number of nitrogens with zero attached hydrogens (tertiary/aromatic N) is 4. The van der Waals surface area contributed by atoms with E-state index in [1.54, 1.807) is 18.0 Å². The number of anilines is 1. The average Bonchev–Trinajstić information content (AvgIpc) is 3.34. The normalized spacial score (nSPS) is 24.0. The van der Waals surface area contributed by atoms with Crippen molar-refractivity contribution in [1.82, 2.24) is 19.7 Å². The van der Waals surface area contributed by atoms with E-state index in [4.69, 9.17) is 21.1 Å². The number of hydrogen-bond donors (Lipinski definition) is 1. The fourth-order valence-electron chi connectivity index (χ4n) is 4.57. The van der Waals surface area contributed by atoms with Crippen molar-refractivity contribution < 1.29 is 13.9 Å². The van der Waals surface area contributed by atoms with Crippen molar-refractivity contribution in [2.45, 2.75) is 31.1 Å². The van der Waals surface area contributed by atoms with Crippen LogP contribution in [0.5, 0.6) is 0 Å². The van der Waals surface area contributed by atoms with Gasteiger partial charge in [0, 0.05) is 67.3 Å². The summed E-state index contributed by atoms with van der Waals surface area (Å²) in [5.41, 5.74) is 4.62. The molecule has 7 nitrogen and oxygen atoms in total. The van der Waals surface area contributed by atoms with Gasteiger partial charge in [-0.05, 0) is 6.42 Å². The lowest BCUT2D eigenvalue weighted by atomic mass is 10.0. The summed E-state index contributed by atoms with van der Waals surface area (Å²) in [7, 11) is 1.67. The van der Waals surface area contributed by atoms with E-state index < -0.39 is 6.17 Å². The molecule has 9 heteroatoms. The SMILES string of the molecule is COCCNc1c(-c2cnn([C@H]3CCN(C4COC4)C[C@@H]3F)c2)cnc2c1C(Cl)=CC2. The summed E-state index contributed by atoms with van der Waals surface area (Å²) >= 11 is 6.49. The molecule has 1 N–H and O–H groups in total. The summed E-state index contributed by atoms with van der Waals surface area (Å²) in [5.74, 6) is 0. The van der Waals surface area contributed by atoms with Crippen LogP contribution < -0.4 is 5.32 Å². The molecule has 0 unspecified atom stereocenters. The molecule has 2 aromatic heterocycles. The summed E-state index contributed by atoms with van der Waals surface area (Å²) in [4.78, 5) is 6.82. The topological polar surface area (TPSA) is 64.4 Å². The van der Waals surface area contributed by atoms with Crippen LogP contribution in [-0.4, -0.2) is 78.4 Å². The van der Waals surface area contributed by atoms with Crippen LogP contribution in [0.2, 0.25) is 0 Å². The molecule has 2 saturated heterocycles. The Bertz CT molecular complexity index is 977. The molecular weight excluding hydrogens is 421 g/mol. The molecule has 0 aromatic carbocycles. The zero-order valence-corrected chi connectivity index (χ0v) is 18.3. The van der Waals surface area contributed by atoms with Crippen LogP contribution in [0.15, 0.2) is 24.7 Å². The molecule has 4 heterocycles. The van der Waals surface area contributed by atoms with E-state index in [2.05, 4.69) is 20.3 Å². The molecule has 1 aliphatic carbocycles. The molecule has 0 spiro atoms. The Kier molecular flexibility index (Phi) is 5.97. The molecule has 166 valence electrons. The highest BCUT2D eigenvalue weighted by atomic mass is 35.5. The number of halogens is 2. The van der Waals surface area contributed by atoms with E-state index in [0.29, 0.717) is 44.0 Å². The molecule has 0 radical (unpaired) electrons. The number of nitrogens with one attached hydrogen (secondary N) is 1. The van der Waals surface area contributed by atoms with Crippen LogP contribution in [0.4, 0.5) is 10.1 Å². The second-order valence-corrected chi connectivity index (χ2v) is 8.72. The van der Waals surface area contributed by atoms with Gasteiger partial charge in [-0.1, -0.05) is 17.7 Å². The zero-order valence-electron chi connectivity index (χ0n) is 17.6. The molecule has 0 bridgehead atoms. The largest absolute Gasteiger partial charge is 0.383 e. The van der Waals surface area contributed by atoms with Gasteiger partial charge in [-0.3, -0.25) is 14.6 Å². The van der Waals surface area contributed by atoms with Crippen molar-refractivity contribution >= 4 is 22.3 Å². The van der Waals surface area contributed by atoms with Crippen LogP contribution in [0, 0.1) is 0 Å². The fraction of sp³-hybridized carbons (Fsp3) is 0.545. The number of aromatic nitrogens is 3. The van der Waals surface area contributed by atoms with Crippen LogP contribution in [-0.2, 0) is 15.9 Å². The Hall–Kier alpha value is -2.00. The van der Waals surface area contributed by atoms with Gasteiger partial charge in [0.1, 0.15) is 6.17 Å². The van der Waals surface area contributed by atoms with Gasteiger partial charge >= 0.3 is 0 Å². The third-order valence-electron chi connectivity index (χ3n) is 6.41. The molecule has 2 fully saturated rings. The monoisotopic (exact) mass is 447 g/mol. The second kappa shape index (κ2) is 8.86. The van der Waals surface area contributed by atoms with E-state index in [-0.39, 0.29) is 6.04 Å². The lowest BCUT2D eigenvalue weighted by Crippen LogP contribution is -2.55. The Labute approximate surface area is 186 Å². The zero-order chi connectivity index (χ0) is 21.4. The maximum Gasteiger partial charge on any atom is 0.135 e. The Morgan fingerprint density at radius 1 is 1.35 bits per heavy atom. The third kappa shape index (κ3) is 3.98. The van der Waals surface area contributed by atoms with Gasteiger partial charge < -0.3 is 14.8 Å². The van der Waals surface area contributed by atoms with Crippen molar-refractivity contribution in [1.29, 1.82) is 0 Å². The summed E-state index contributed by atoms with van der Waals surface area (Å²) in [6, 6.07) is 0.102. The lowest BCUT2D eigenvalue weighted by molar-refractivity contribution is -0.0847. The van der Waals surface area contributed by atoms with Gasteiger partial charge in [0.25, 0.3) is 0 Å². The summed E-state index contributed by atoms with van der Waals surface area (Å²) in [6.45, 7) is 3.94. The maximum atomic E-state index is 15.0. The van der Waals surface area contributed by atoms with Crippen molar-refractivity contribution in [3.8, 4) is 11.1 Å². The number of rotatable bonds is 7. The molecule has 3 aliphatic rings. The van der Waals surface area contributed by atoms with E-state index in [0.717, 1.165) is 47.5 Å². The lowest BCUT2D eigenvalue weighted by Gasteiger charge is -2.42. The quantitative estimate of drug-likeness (QED) is 0.658. The van der Waals surface area contributed by atoms with Gasteiger partial charge in [-0.25, -0.2) is 4.39 Å². The number of fused-ring (bicyclic) bond motifs is 1. The molecular formula is C22H27ClFN5O2. The summed E-state index contributed by atoms with van der Waals surface area (Å²) < 4.78 is 27.3. The van der Waals surface area contributed by atoms with Crippen molar-refractivity contribution in [3.63, 3.8) is 0 Å². The van der Waals surface area contributed by atoms with Gasteiger partial charge in [0.2, 0.25) is 0 Å². The molecule has 2 aliphatic heterocycles. The van der Waals surface area contributed by atoms with Crippen molar-refractivity contribution in [2.75, 3.05) is 51.9 Å². The van der Waals surface area contributed by atoms with Gasteiger partial charge in [0.05, 0.1) is 49.5 Å². The minimum atomic E-state index is -0.961. The maximum absolute atomic E-state index is 15.0. The van der Waals surface area contributed by atoms with E-state index in [1.807, 2.05) is 18.5 Å². The number of piperidine rings is 1. The smallest absolute Gasteiger partial charge is 0.135 e. The van der Waals surface area contributed by atoms with Gasteiger partial charge in [0.15, 0.2) is 0 Å². The van der Waals surface area contributed by atoms with Gasteiger partial charge in [-0.15, -0.1) is 0 Å². The van der Waals surface area contributed by atoms with Crippen molar-refractivity contribution in [3.05, 3.63) is 35.9 Å². The highest BCUT2D eigenvalue weighted by Gasteiger charge is 2.36. The Balaban J connectivity index is 1.39. The van der Waals surface area contributed by atoms with E-state index in [1.165, 1.54) is 0 Å². The first-order valence-electron chi connectivity index (χ1n) is 10.8. The van der Waals surface area contributed by atoms with Crippen molar-refractivity contribution in [2.24, 2.45) is 0 Å². The van der Waals surface area contributed by atoms with E-state index in [9.17, 15) is 0 Å². The average molecular weight is 448 g/mol. The van der Waals surface area contributed by atoms with Crippen LogP contribution in [0.25, 0.3) is 16.2 Å². The Morgan fingerprint density at radius 3 is 2.97 bits per heavy atom. The predicted octanol–water partition coefficient (Wildman–Crippen LogP) is 3.12. The van der Waals surface area contributed by atoms with Crippen LogP contribution in [0.1, 0.15) is 23.7 Å². The number of likely N-dealkylation sites (tertiary alicyclic amines) is 1. The van der Waals surface area contributed by atoms with Crippen LogP contribution >= 0.6 is 11.6 Å². The highest BCUT2D eigenvalue weighted by Crippen LogP contribution is 2.41. The number of pyridine rings is 1. The number of methoxy groups -OCH3 is 1. The summed E-state index contributed by atoms with van der Waals surface area (Å²) in [6.07, 6.45) is 8.03. The highest BCUT2D eigenvalue weighted by molar-refractivity contribution is 6.50. The third-order valence-corrected chi connectivity index (χ3v) is 6.75.